The number of halogens is 2. The molecule has 0 spiro atoms. The average molecular weight is 329 g/mol. The molecule has 0 unspecified atom stereocenters. The predicted molar refractivity (Wildman–Crippen MR) is 68.0 cm³/mol. The monoisotopic (exact) mass is 328 g/mol. The number of benzene rings is 1. The van der Waals surface area contributed by atoms with Crippen LogP contribution in [0, 0.1) is 5.82 Å². The molecular weight excluding hydrogens is 319 g/mol. The summed E-state index contributed by atoms with van der Waals surface area (Å²) in [6.07, 6.45) is 0.887. The lowest BCUT2D eigenvalue weighted by Crippen LogP contribution is -1.96. The molecule has 100 valence electrons. The second-order valence-corrected chi connectivity index (χ2v) is 4.74. The van der Waals surface area contributed by atoms with Gasteiger partial charge in [0.15, 0.2) is 0 Å². The van der Waals surface area contributed by atoms with Crippen LogP contribution in [0.15, 0.2) is 27.2 Å². The van der Waals surface area contributed by atoms with Gasteiger partial charge >= 0.3 is 5.97 Å². The van der Waals surface area contributed by atoms with E-state index in [1.54, 1.807) is 6.07 Å². The Morgan fingerprint density at radius 3 is 2.95 bits per heavy atom. The van der Waals surface area contributed by atoms with Crippen molar-refractivity contribution in [3.05, 3.63) is 34.4 Å². The number of hydrogen-bond acceptors (Lipinski definition) is 4. The van der Waals surface area contributed by atoms with Crippen molar-refractivity contribution < 1.29 is 18.8 Å². The molecule has 0 aliphatic heterocycles. The van der Waals surface area contributed by atoms with Crippen molar-refractivity contribution in [1.29, 1.82) is 0 Å². The van der Waals surface area contributed by atoms with Gasteiger partial charge in [-0.15, -0.1) is 0 Å². The van der Waals surface area contributed by atoms with Gasteiger partial charge in [-0.1, -0.05) is 5.16 Å². The van der Waals surface area contributed by atoms with Crippen LogP contribution in [-0.2, 0) is 11.2 Å². The van der Waals surface area contributed by atoms with E-state index in [4.69, 9.17) is 9.63 Å². The van der Waals surface area contributed by atoms with Crippen LogP contribution in [0.5, 0.6) is 0 Å². The molecule has 0 amide bonds. The van der Waals surface area contributed by atoms with Crippen LogP contribution in [0.2, 0.25) is 0 Å². The number of aryl methyl sites for hydroxylation is 1. The Balaban J connectivity index is 2.10. The lowest BCUT2D eigenvalue weighted by molar-refractivity contribution is -0.137. The van der Waals surface area contributed by atoms with Gasteiger partial charge in [-0.05, 0) is 40.5 Å². The van der Waals surface area contributed by atoms with E-state index in [0.717, 1.165) is 0 Å². The highest BCUT2D eigenvalue weighted by Gasteiger charge is 2.12. The molecule has 0 aliphatic rings. The van der Waals surface area contributed by atoms with Crippen LogP contribution < -0.4 is 0 Å². The molecule has 0 atom stereocenters. The summed E-state index contributed by atoms with van der Waals surface area (Å²) in [4.78, 5) is 14.5. The first-order chi connectivity index (χ1) is 9.06. The van der Waals surface area contributed by atoms with Crippen molar-refractivity contribution in [2.45, 2.75) is 19.3 Å². The van der Waals surface area contributed by atoms with Gasteiger partial charge in [-0.2, -0.15) is 4.98 Å². The Kier molecular flexibility index (Phi) is 4.26. The minimum Gasteiger partial charge on any atom is -0.481 e. The van der Waals surface area contributed by atoms with E-state index < -0.39 is 5.97 Å². The van der Waals surface area contributed by atoms with Crippen LogP contribution >= 0.6 is 15.9 Å². The van der Waals surface area contributed by atoms with Gasteiger partial charge in [0.25, 0.3) is 0 Å². The van der Waals surface area contributed by atoms with Crippen molar-refractivity contribution in [2.24, 2.45) is 0 Å². The summed E-state index contributed by atoms with van der Waals surface area (Å²) in [5.74, 6) is -0.508. The maximum absolute atomic E-state index is 13.0. The van der Waals surface area contributed by atoms with Crippen LogP contribution in [0.4, 0.5) is 4.39 Å². The Labute approximate surface area is 116 Å². The fraction of sp³-hybridized carbons (Fsp3) is 0.250. The van der Waals surface area contributed by atoms with E-state index in [0.29, 0.717) is 34.6 Å². The topological polar surface area (TPSA) is 76.2 Å². The van der Waals surface area contributed by atoms with Crippen LogP contribution in [-0.4, -0.2) is 21.2 Å². The summed E-state index contributed by atoms with van der Waals surface area (Å²) in [6, 6.07) is 4.17. The van der Waals surface area contributed by atoms with Gasteiger partial charge in [-0.25, -0.2) is 4.39 Å². The third-order valence-corrected chi connectivity index (χ3v) is 3.08. The molecule has 1 N–H and O–H groups in total. The molecule has 0 saturated heterocycles. The minimum absolute atomic E-state index is 0.0535. The number of carboxylic acids is 1. The number of hydrogen-bond donors (Lipinski definition) is 1. The molecule has 0 aliphatic carbocycles. The summed E-state index contributed by atoms with van der Waals surface area (Å²) in [5.41, 5.74) is 0.620. The molecular formula is C12H10BrFN2O3. The first-order valence-corrected chi connectivity index (χ1v) is 6.35. The molecule has 0 fully saturated rings. The SMILES string of the molecule is O=C(O)CCCc1nc(-c2ccc(F)cc2Br)no1. The van der Waals surface area contributed by atoms with Gasteiger partial charge in [0.1, 0.15) is 5.82 Å². The average Bonchev–Trinajstić information content (AvgIpc) is 2.77. The van der Waals surface area contributed by atoms with Gasteiger partial charge in [-0.3, -0.25) is 4.79 Å². The zero-order valence-corrected chi connectivity index (χ0v) is 11.4. The highest BCUT2D eigenvalue weighted by atomic mass is 79.9. The van der Waals surface area contributed by atoms with E-state index in [-0.39, 0.29) is 12.2 Å². The number of nitrogens with zero attached hydrogens (tertiary/aromatic N) is 2. The fourth-order valence-corrected chi connectivity index (χ4v) is 2.06. The van der Waals surface area contributed by atoms with E-state index >= 15 is 0 Å². The second kappa shape index (κ2) is 5.92. The summed E-state index contributed by atoms with van der Waals surface area (Å²) in [6.45, 7) is 0. The van der Waals surface area contributed by atoms with Crippen LogP contribution in [0.1, 0.15) is 18.7 Å². The molecule has 7 heteroatoms. The Hall–Kier alpha value is -1.76. The Morgan fingerprint density at radius 2 is 2.26 bits per heavy atom. The number of carbonyl (C=O) groups is 1. The first kappa shape index (κ1) is 13.7. The molecule has 1 heterocycles. The lowest BCUT2D eigenvalue weighted by atomic mass is 10.2. The molecule has 1 aromatic carbocycles. The van der Waals surface area contributed by atoms with Crippen molar-refractivity contribution in [1.82, 2.24) is 10.1 Å². The predicted octanol–water partition coefficient (Wildman–Crippen LogP) is 3.05. The summed E-state index contributed by atoms with van der Waals surface area (Å²) in [5, 5.41) is 12.3. The van der Waals surface area contributed by atoms with Crippen molar-refractivity contribution in [3.8, 4) is 11.4 Å². The second-order valence-electron chi connectivity index (χ2n) is 3.88. The maximum Gasteiger partial charge on any atom is 0.303 e. The quantitative estimate of drug-likeness (QED) is 0.912. The highest BCUT2D eigenvalue weighted by molar-refractivity contribution is 9.10. The number of rotatable bonds is 5. The Bertz CT molecular complexity index is 600. The zero-order valence-electron chi connectivity index (χ0n) is 9.77. The van der Waals surface area contributed by atoms with E-state index in [1.165, 1.54) is 12.1 Å². The molecule has 0 radical (unpaired) electrons. The maximum atomic E-state index is 13.0. The van der Waals surface area contributed by atoms with Crippen molar-refractivity contribution in [2.75, 3.05) is 0 Å². The molecule has 0 bridgehead atoms. The fourth-order valence-electron chi connectivity index (χ4n) is 1.53. The molecule has 5 nitrogen and oxygen atoms in total. The highest BCUT2D eigenvalue weighted by Crippen LogP contribution is 2.26. The van der Waals surface area contributed by atoms with Gasteiger partial charge < -0.3 is 9.63 Å². The third-order valence-electron chi connectivity index (χ3n) is 2.42. The molecule has 19 heavy (non-hydrogen) atoms. The Morgan fingerprint density at radius 1 is 1.47 bits per heavy atom. The summed E-state index contributed by atoms with van der Waals surface area (Å²) in [7, 11) is 0. The molecule has 2 aromatic rings. The molecule has 1 aromatic heterocycles. The van der Waals surface area contributed by atoms with Gasteiger partial charge in [0.2, 0.25) is 11.7 Å². The minimum atomic E-state index is -0.860. The largest absolute Gasteiger partial charge is 0.481 e. The number of carboxylic acid groups (broad SMARTS) is 1. The summed E-state index contributed by atoms with van der Waals surface area (Å²) < 4.78 is 18.5. The third kappa shape index (κ3) is 3.60. The van der Waals surface area contributed by atoms with E-state index in [1.807, 2.05) is 0 Å². The standard InChI is InChI=1S/C12H10BrFN2O3/c13-9-6-7(14)4-5-8(9)12-15-10(19-16-12)2-1-3-11(17)18/h4-6H,1-3H2,(H,17,18). The normalized spacial score (nSPS) is 10.6. The van der Waals surface area contributed by atoms with E-state index in [9.17, 15) is 9.18 Å². The van der Waals surface area contributed by atoms with Gasteiger partial charge in [0.05, 0.1) is 0 Å². The van der Waals surface area contributed by atoms with Crippen LogP contribution in [0.25, 0.3) is 11.4 Å². The van der Waals surface area contributed by atoms with Crippen molar-refractivity contribution in [3.63, 3.8) is 0 Å². The molecule has 2 rings (SSSR count). The van der Waals surface area contributed by atoms with Gasteiger partial charge in [0, 0.05) is 22.9 Å². The van der Waals surface area contributed by atoms with E-state index in [2.05, 4.69) is 26.1 Å². The number of aromatic nitrogens is 2. The number of aliphatic carboxylic acids is 1. The summed E-state index contributed by atoms with van der Waals surface area (Å²) >= 11 is 3.23. The smallest absolute Gasteiger partial charge is 0.303 e. The molecule has 0 saturated carbocycles. The lowest BCUT2D eigenvalue weighted by Gasteiger charge is -1.98. The first-order valence-electron chi connectivity index (χ1n) is 5.56. The van der Waals surface area contributed by atoms with Crippen LogP contribution in [0.3, 0.4) is 0 Å². The zero-order chi connectivity index (χ0) is 13.8. The van der Waals surface area contributed by atoms with Crippen molar-refractivity contribution >= 4 is 21.9 Å².